The van der Waals surface area contributed by atoms with Gasteiger partial charge in [-0.15, -0.1) is 0 Å². The van der Waals surface area contributed by atoms with Crippen LogP contribution in [0.2, 0.25) is 0 Å². The van der Waals surface area contributed by atoms with Crippen LogP contribution in [0.1, 0.15) is 25.5 Å². The summed E-state index contributed by atoms with van der Waals surface area (Å²) in [6.45, 7) is 4.79. The molecule has 1 aromatic rings. The van der Waals surface area contributed by atoms with Crippen LogP contribution in [-0.2, 0) is 4.29 Å². The van der Waals surface area contributed by atoms with Crippen molar-refractivity contribution >= 4 is 11.9 Å². The standard InChI is InChI=1S/C11H13ClO2/c1-11(2)7-13-9-6-4-3-5-8(9)10(11)14-12/h3-6,10H,7H2,1-2H3. The summed E-state index contributed by atoms with van der Waals surface area (Å²) in [5.41, 5.74) is 0.939. The van der Waals surface area contributed by atoms with Crippen LogP contribution < -0.4 is 4.74 Å². The van der Waals surface area contributed by atoms with E-state index in [0.717, 1.165) is 11.3 Å². The average Bonchev–Trinajstić information content (AvgIpc) is 2.17. The lowest BCUT2D eigenvalue weighted by atomic mass is 9.81. The molecule has 1 atom stereocenters. The highest BCUT2D eigenvalue weighted by Gasteiger charge is 2.38. The number of fused-ring (bicyclic) bond motifs is 1. The summed E-state index contributed by atoms with van der Waals surface area (Å²) in [6, 6.07) is 7.84. The first-order valence-electron chi connectivity index (χ1n) is 4.64. The molecular formula is C11H13ClO2. The van der Waals surface area contributed by atoms with Gasteiger partial charge in [0.1, 0.15) is 11.9 Å². The Morgan fingerprint density at radius 3 is 2.86 bits per heavy atom. The molecule has 0 bridgehead atoms. The van der Waals surface area contributed by atoms with Crippen molar-refractivity contribution in [1.29, 1.82) is 0 Å². The highest BCUT2D eigenvalue weighted by Crippen LogP contribution is 2.45. The molecule has 2 nitrogen and oxygen atoms in total. The van der Waals surface area contributed by atoms with E-state index in [1.807, 2.05) is 24.3 Å². The van der Waals surface area contributed by atoms with Gasteiger partial charge in [-0.2, -0.15) is 0 Å². The molecule has 2 rings (SSSR count). The van der Waals surface area contributed by atoms with E-state index in [0.29, 0.717) is 6.61 Å². The molecule has 0 aliphatic carbocycles. The van der Waals surface area contributed by atoms with Crippen LogP contribution >= 0.6 is 11.9 Å². The fraction of sp³-hybridized carbons (Fsp3) is 0.455. The highest BCUT2D eigenvalue weighted by atomic mass is 35.5. The topological polar surface area (TPSA) is 18.5 Å². The number of ether oxygens (including phenoxy) is 1. The van der Waals surface area contributed by atoms with Gasteiger partial charge in [0.15, 0.2) is 0 Å². The molecule has 1 aliphatic heterocycles. The Morgan fingerprint density at radius 1 is 1.43 bits per heavy atom. The number of rotatable bonds is 1. The fourth-order valence-corrected chi connectivity index (χ4v) is 2.09. The number of halogens is 1. The summed E-state index contributed by atoms with van der Waals surface area (Å²) < 4.78 is 10.7. The third kappa shape index (κ3) is 1.49. The summed E-state index contributed by atoms with van der Waals surface area (Å²) in [5.74, 6) is 0.873. The van der Waals surface area contributed by atoms with E-state index < -0.39 is 0 Å². The van der Waals surface area contributed by atoms with E-state index in [-0.39, 0.29) is 11.5 Å². The maximum Gasteiger partial charge on any atom is 0.125 e. The number of benzene rings is 1. The first-order valence-corrected chi connectivity index (χ1v) is 4.95. The smallest absolute Gasteiger partial charge is 0.125 e. The van der Waals surface area contributed by atoms with E-state index in [4.69, 9.17) is 20.9 Å². The molecule has 0 amide bonds. The van der Waals surface area contributed by atoms with Crippen LogP contribution in [0.15, 0.2) is 24.3 Å². The van der Waals surface area contributed by atoms with Crippen LogP contribution in [-0.4, -0.2) is 6.61 Å². The van der Waals surface area contributed by atoms with Crippen LogP contribution in [0.3, 0.4) is 0 Å². The van der Waals surface area contributed by atoms with Crippen molar-refractivity contribution < 1.29 is 9.03 Å². The first-order chi connectivity index (χ1) is 6.65. The lowest BCUT2D eigenvalue weighted by Crippen LogP contribution is -2.33. The van der Waals surface area contributed by atoms with Gasteiger partial charge >= 0.3 is 0 Å². The summed E-state index contributed by atoms with van der Waals surface area (Å²) in [4.78, 5) is 0. The molecule has 14 heavy (non-hydrogen) atoms. The Hall–Kier alpha value is -0.730. The third-order valence-corrected chi connectivity index (χ3v) is 2.78. The van der Waals surface area contributed by atoms with Gasteiger partial charge in [-0.3, -0.25) is 4.29 Å². The largest absolute Gasteiger partial charge is 0.493 e. The lowest BCUT2D eigenvalue weighted by molar-refractivity contribution is 0.0158. The zero-order chi connectivity index (χ0) is 10.2. The molecule has 0 N–H and O–H groups in total. The van der Waals surface area contributed by atoms with E-state index in [2.05, 4.69) is 13.8 Å². The van der Waals surface area contributed by atoms with E-state index in [9.17, 15) is 0 Å². The Morgan fingerprint density at radius 2 is 2.14 bits per heavy atom. The Kier molecular flexibility index (Phi) is 2.41. The van der Waals surface area contributed by atoms with Crippen LogP contribution in [0.4, 0.5) is 0 Å². The molecule has 0 saturated heterocycles. The van der Waals surface area contributed by atoms with E-state index >= 15 is 0 Å². The van der Waals surface area contributed by atoms with Gasteiger partial charge in [0.05, 0.1) is 18.5 Å². The van der Waals surface area contributed by atoms with Crippen molar-refractivity contribution in [3.8, 4) is 5.75 Å². The van der Waals surface area contributed by atoms with Crippen LogP contribution in [0.25, 0.3) is 0 Å². The lowest BCUT2D eigenvalue weighted by Gasteiger charge is -2.37. The molecule has 0 saturated carbocycles. The van der Waals surface area contributed by atoms with E-state index in [1.54, 1.807) is 0 Å². The van der Waals surface area contributed by atoms with Gasteiger partial charge in [0.25, 0.3) is 0 Å². The van der Waals surface area contributed by atoms with Gasteiger partial charge in [0.2, 0.25) is 0 Å². The van der Waals surface area contributed by atoms with Gasteiger partial charge in [-0.25, -0.2) is 0 Å². The van der Waals surface area contributed by atoms with Gasteiger partial charge in [0, 0.05) is 11.0 Å². The van der Waals surface area contributed by atoms with Crippen molar-refractivity contribution in [3.05, 3.63) is 29.8 Å². The third-order valence-electron chi connectivity index (χ3n) is 2.60. The summed E-state index contributed by atoms with van der Waals surface area (Å²) in [7, 11) is 0. The second kappa shape index (κ2) is 3.44. The maximum atomic E-state index is 5.63. The first kappa shape index (κ1) is 9.81. The Labute approximate surface area is 89.0 Å². The van der Waals surface area contributed by atoms with Crippen LogP contribution in [0.5, 0.6) is 5.75 Å². The molecule has 1 aliphatic rings. The van der Waals surface area contributed by atoms with Crippen molar-refractivity contribution in [1.82, 2.24) is 0 Å². The van der Waals surface area contributed by atoms with Crippen molar-refractivity contribution in [2.24, 2.45) is 5.41 Å². The number of hydrogen-bond acceptors (Lipinski definition) is 2. The molecule has 1 aromatic carbocycles. The number of hydrogen-bond donors (Lipinski definition) is 0. The Bertz CT molecular complexity index is 336. The molecule has 3 heteroatoms. The molecule has 1 heterocycles. The molecule has 0 aromatic heterocycles. The molecule has 0 spiro atoms. The number of para-hydroxylation sites is 1. The second-order valence-corrected chi connectivity index (χ2v) is 4.46. The monoisotopic (exact) mass is 212 g/mol. The van der Waals surface area contributed by atoms with Crippen LogP contribution in [0, 0.1) is 5.41 Å². The second-order valence-electron chi connectivity index (χ2n) is 4.28. The highest BCUT2D eigenvalue weighted by molar-refractivity contribution is 6.07. The normalized spacial score (nSPS) is 23.8. The quantitative estimate of drug-likeness (QED) is 0.711. The summed E-state index contributed by atoms with van der Waals surface area (Å²) in [5, 5.41) is 0. The van der Waals surface area contributed by atoms with Gasteiger partial charge in [-0.1, -0.05) is 32.0 Å². The molecule has 0 radical (unpaired) electrons. The minimum Gasteiger partial charge on any atom is -0.493 e. The van der Waals surface area contributed by atoms with E-state index in [1.165, 1.54) is 0 Å². The van der Waals surface area contributed by atoms with Crippen molar-refractivity contribution in [2.75, 3.05) is 6.61 Å². The fourth-order valence-electron chi connectivity index (χ4n) is 1.76. The molecule has 1 unspecified atom stereocenters. The predicted molar refractivity (Wildman–Crippen MR) is 55.4 cm³/mol. The minimum atomic E-state index is -0.103. The zero-order valence-corrected chi connectivity index (χ0v) is 9.04. The van der Waals surface area contributed by atoms with Gasteiger partial charge in [-0.05, 0) is 6.07 Å². The molecule has 0 fully saturated rings. The molecular weight excluding hydrogens is 200 g/mol. The average molecular weight is 213 g/mol. The SMILES string of the molecule is CC1(C)COc2ccccc2C1OCl. The van der Waals surface area contributed by atoms with Crippen molar-refractivity contribution in [3.63, 3.8) is 0 Å². The van der Waals surface area contributed by atoms with Crippen molar-refractivity contribution in [2.45, 2.75) is 20.0 Å². The maximum absolute atomic E-state index is 5.63. The zero-order valence-electron chi connectivity index (χ0n) is 8.29. The van der Waals surface area contributed by atoms with Gasteiger partial charge < -0.3 is 4.74 Å². The molecule has 76 valence electrons. The predicted octanol–water partition coefficient (Wildman–Crippen LogP) is 3.32. The Balaban J connectivity index is 2.45. The summed E-state index contributed by atoms with van der Waals surface area (Å²) in [6.07, 6.45) is -0.103. The summed E-state index contributed by atoms with van der Waals surface area (Å²) >= 11 is 5.54. The minimum absolute atomic E-state index is 0.0872.